The second-order valence-electron chi connectivity index (χ2n) is 5.07. The molecule has 94 valence electrons. The van der Waals surface area contributed by atoms with Crippen LogP contribution in [-0.2, 0) is 9.53 Å². The Labute approximate surface area is 98.1 Å². The fraction of sp³-hybridized carbons (Fsp3) is 0.917. The highest BCUT2D eigenvalue weighted by Gasteiger charge is 2.21. The number of amides is 1. The molecule has 0 aliphatic carbocycles. The van der Waals surface area contributed by atoms with E-state index in [1.807, 2.05) is 13.8 Å². The summed E-state index contributed by atoms with van der Waals surface area (Å²) in [5.74, 6) is 0.0739. The number of rotatable bonds is 6. The Morgan fingerprint density at radius 2 is 2.31 bits per heavy atom. The molecule has 1 atom stereocenters. The molecule has 0 spiro atoms. The van der Waals surface area contributed by atoms with Gasteiger partial charge < -0.3 is 15.4 Å². The molecule has 2 N–H and O–H groups in total. The van der Waals surface area contributed by atoms with Crippen molar-refractivity contribution < 1.29 is 9.53 Å². The third-order valence-electron chi connectivity index (χ3n) is 3.12. The number of hydrogen-bond donors (Lipinski definition) is 2. The molecule has 4 heteroatoms. The van der Waals surface area contributed by atoms with Gasteiger partial charge in [-0.2, -0.15) is 0 Å². The maximum atomic E-state index is 11.6. The molecule has 1 amide bonds. The summed E-state index contributed by atoms with van der Waals surface area (Å²) in [5.41, 5.74) is -0.365. The number of carbonyl (C=O) groups is 1. The van der Waals surface area contributed by atoms with Gasteiger partial charge in [-0.05, 0) is 39.7 Å². The number of nitrogens with one attached hydrogen (secondary N) is 2. The van der Waals surface area contributed by atoms with Crippen LogP contribution < -0.4 is 10.6 Å². The van der Waals surface area contributed by atoms with Gasteiger partial charge in [0.25, 0.3) is 0 Å². The summed E-state index contributed by atoms with van der Waals surface area (Å²) in [5, 5.41) is 6.35. The van der Waals surface area contributed by atoms with Crippen LogP contribution in [0.5, 0.6) is 0 Å². The van der Waals surface area contributed by atoms with Crippen LogP contribution in [0.15, 0.2) is 0 Å². The largest absolute Gasteiger partial charge is 0.378 e. The first-order valence-corrected chi connectivity index (χ1v) is 6.09. The van der Waals surface area contributed by atoms with Crippen LogP contribution in [-0.4, -0.2) is 37.7 Å². The molecule has 1 aliphatic heterocycles. The van der Waals surface area contributed by atoms with E-state index >= 15 is 0 Å². The van der Waals surface area contributed by atoms with E-state index in [-0.39, 0.29) is 11.5 Å². The molecule has 0 aromatic heterocycles. The number of methoxy groups -OCH3 is 1. The quantitative estimate of drug-likeness (QED) is 0.714. The summed E-state index contributed by atoms with van der Waals surface area (Å²) in [6.07, 6.45) is 3.94. The monoisotopic (exact) mass is 228 g/mol. The van der Waals surface area contributed by atoms with Crippen LogP contribution >= 0.6 is 0 Å². The molecular weight excluding hydrogens is 204 g/mol. The first kappa shape index (κ1) is 13.5. The van der Waals surface area contributed by atoms with Gasteiger partial charge in [0.15, 0.2) is 0 Å². The Bertz CT molecular complexity index is 223. The standard InChI is InChI=1S/C12H24N2O2/c1-12(2,16-3)9-11(15)14-8-6-10-5-4-7-13-10/h10,13H,4-9H2,1-3H3,(H,14,15)/t10-/m1/s1. The lowest BCUT2D eigenvalue weighted by Crippen LogP contribution is -2.35. The molecule has 1 rings (SSSR count). The van der Waals surface area contributed by atoms with Crippen molar-refractivity contribution in [3.8, 4) is 0 Å². The van der Waals surface area contributed by atoms with E-state index in [1.165, 1.54) is 12.8 Å². The molecule has 0 unspecified atom stereocenters. The molecule has 0 radical (unpaired) electrons. The smallest absolute Gasteiger partial charge is 0.222 e. The molecule has 1 saturated heterocycles. The fourth-order valence-corrected chi connectivity index (χ4v) is 1.91. The Kier molecular flexibility index (Phi) is 5.22. The zero-order valence-electron chi connectivity index (χ0n) is 10.6. The van der Waals surface area contributed by atoms with Gasteiger partial charge in [-0.3, -0.25) is 4.79 Å². The summed E-state index contributed by atoms with van der Waals surface area (Å²) in [6.45, 7) is 5.72. The Morgan fingerprint density at radius 1 is 1.56 bits per heavy atom. The van der Waals surface area contributed by atoms with Gasteiger partial charge in [0.2, 0.25) is 5.91 Å². The van der Waals surface area contributed by atoms with Crippen LogP contribution in [0.1, 0.15) is 39.5 Å². The minimum Gasteiger partial charge on any atom is -0.378 e. The normalized spacial score (nSPS) is 21.1. The lowest BCUT2D eigenvalue weighted by Gasteiger charge is -2.22. The number of ether oxygens (including phenoxy) is 1. The second-order valence-corrected chi connectivity index (χ2v) is 5.07. The fourth-order valence-electron chi connectivity index (χ4n) is 1.91. The van der Waals surface area contributed by atoms with E-state index in [0.717, 1.165) is 19.5 Å². The minimum atomic E-state index is -0.365. The van der Waals surface area contributed by atoms with E-state index in [2.05, 4.69) is 10.6 Å². The molecule has 1 fully saturated rings. The predicted molar refractivity (Wildman–Crippen MR) is 64.4 cm³/mol. The topological polar surface area (TPSA) is 50.4 Å². The minimum absolute atomic E-state index is 0.0739. The van der Waals surface area contributed by atoms with Crippen molar-refractivity contribution in [1.29, 1.82) is 0 Å². The van der Waals surface area contributed by atoms with Crippen molar-refractivity contribution in [3.63, 3.8) is 0 Å². The maximum absolute atomic E-state index is 11.6. The maximum Gasteiger partial charge on any atom is 0.222 e. The van der Waals surface area contributed by atoms with Gasteiger partial charge in [0.1, 0.15) is 0 Å². The summed E-state index contributed by atoms with van der Waals surface area (Å²) < 4.78 is 5.21. The molecule has 1 heterocycles. The SMILES string of the molecule is COC(C)(C)CC(=O)NCC[C@H]1CCCN1. The van der Waals surface area contributed by atoms with E-state index in [9.17, 15) is 4.79 Å². The third kappa shape index (κ3) is 4.94. The first-order chi connectivity index (χ1) is 7.53. The van der Waals surface area contributed by atoms with E-state index in [0.29, 0.717) is 12.5 Å². The Hall–Kier alpha value is -0.610. The van der Waals surface area contributed by atoms with Crippen LogP contribution in [0.3, 0.4) is 0 Å². The molecule has 16 heavy (non-hydrogen) atoms. The molecular formula is C12H24N2O2. The van der Waals surface area contributed by atoms with Gasteiger partial charge in [-0.1, -0.05) is 0 Å². The zero-order valence-corrected chi connectivity index (χ0v) is 10.6. The van der Waals surface area contributed by atoms with Crippen molar-refractivity contribution in [2.24, 2.45) is 0 Å². The summed E-state index contributed by atoms with van der Waals surface area (Å²) in [7, 11) is 1.63. The Morgan fingerprint density at radius 3 is 2.88 bits per heavy atom. The van der Waals surface area contributed by atoms with Gasteiger partial charge in [-0.15, -0.1) is 0 Å². The van der Waals surface area contributed by atoms with Gasteiger partial charge in [0.05, 0.1) is 12.0 Å². The lowest BCUT2D eigenvalue weighted by atomic mass is 10.0. The highest BCUT2D eigenvalue weighted by atomic mass is 16.5. The van der Waals surface area contributed by atoms with E-state index in [4.69, 9.17) is 4.74 Å². The van der Waals surface area contributed by atoms with E-state index < -0.39 is 0 Å². The molecule has 1 aliphatic rings. The predicted octanol–water partition coefficient (Wildman–Crippen LogP) is 1.06. The van der Waals surface area contributed by atoms with Crippen LogP contribution in [0.2, 0.25) is 0 Å². The van der Waals surface area contributed by atoms with Gasteiger partial charge in [0, 0.05) is 19.7 Å². The highest BCUT2D eigenvalue weighted by Crippen LogP contribution is 2.12. The first-order valence-electron chi connectivity index (χ1n) is 6.09. The molecule has 0 aromatic rings. The molecule has 0 saturated carbocycles. The van der Waals surface area contributed by atoms with Gasteiger partial charge >= 0.3 is 0 Å². The van der Waals surface area contributed by atoms with Crippen molar-refractivity contribution in [1.82, 2.24) is 10.6 Å². The molecule has 0 aromatic carbocycles. The lowest BCUT2D eigenvalue weighted by molar-refractivity contribution is -0.126. The van der Waals surface area contributed by atoms with Crippen LogP contribution in [0.25, 0.3) is 0 Å². The van der Waals surface area contributed by atoms with Crippen molar-refractivity contribution >= 4 is 5.91 Å². The van der Waals surface area contributed by atoms with Crippen molar-refractivity contribution in [2.45, 2.75) is 51.2 Å². The Balaban J connectivity index is 2.10. The third-order valence-corrected chi connectivity index (χ3v) is 3.12. The zero-order chi connectivity index (χ0) is 12.0. The summed E-state index contributed by atoms with van der Waals surface area (Å²) in [6, 6.07) is 0.593. The number of carbonyl (C=O) groups excluding carboxylic acids is 1. The average Bonchev–Trinajstić information content (AvgIpc) is 2.70. The van der Waals surface area contributed by atoms with Crippen LogP contribution in [0.4, 0.5) is 0 Å². The van der Waals surface area contributed by atoms with Crippen LogP contribution in [0, 0.1) is 0 Å². The average molecular weight is 228 g/mol. The van der Waals surface area contributed by atoms with Crippen molar-refractivity contribution in [3.05, 3.63) is 0 Å². The second kappa shape index (κ2) is 6.21. The summed E-state index contributed by atoms with van der Waals surface area (Å²) >= 11 is 0. The van der Waals surface area contributed by atoms with Gasteiger partial charge in [-0.25, -0.2) is 0 Å². The molecule has 4 nitrogen and oxygen atoms in total. The van der Waals surface area contributed by atoms with E-state index in [1.54, 1.807) is 7.11 Å². The highest BCUT2D eigenvalue weighted by molar-refractivity contribution is 5.76. The molecule has 0 bridgehead atoms. The number of hydrogen-bond acceptors (Lipinski definition) is 3. The summed E-state index contributed by atoms with van der Waals surface area (Å²) in [4.78, 5) is 11.6. The van der Waals surface area contributed by atoms with Crippen molar-refractivity contribution in [2.75, 3.05) is 20.2 Å².